The minimum atomic E-state index is -0.525. The summed E-state index contributed by atoms with van der Waals surface area (Å²) in [6, 6.07) is 7.80. The number of hydrogen-bond acceptors (Lipinski definition) is 5. The molecule has 0 saturated carbocycles. The number of fused-ring (bicyclic) bond motifs is 1. The van der Waals surface area contributed by atoms with E-state index in [0.717, 1.165) is 29.7 Å². The molecule has 7 nitrogen and oxygen atoms in total. The van der Waals surface area contributed by atoms with Gasteiger partial charge in [0.25, 0.3) is 0 Å². The molecule has 2 aromatic heterocycles. The molecule has 0 radical (unpaired) electrons. The van der Waals surface area contributed by atoms with Gasteiger partial charge < -0.3 is 14.7 Å². The predicted molar refractivity (Wildman–Crippen MR) is 115 cm³/mol. The van der Waals surface area contributed by atoms with Crippen LogP contribution in [0.3, 0.4) is 0 Å². The lowest BCUT2D eigenvalue weighted by Crippen LogP contribution is -2.41. The maximum atomic E-state index is 13.4. The van der Waals surface area contributed by atoms with Crippen LogP contribution in [-0.2, 0) is 4.74 Å². The van der Waals surface area contributed by atoms with Crippen LogP contribution in [0.2, 0.25) is 0 Å². The zero-order valence-corrected chi connectivity index (χ0v) is 18.2. The average Bonchev–Trinajstić information content (AvgIpc) is 3.04. The summed E-state index contributed by atoms with van der Waals surface area (Å²) < 4.78 is 20.3. The van der Waals surface area contributed by atoms with Gasteiger partial charge in [0.05, 0.1) is 11.4 Å². The highest BCUT2D eigenvalue weighted by atomic mass is 19.1. The number of carbonyl (C=O) groups excluding carboxylic acids is 1. The second kappa shape index (κ2) is 7.83. The number of halogens is 1. The number of hydrogen-bond donors (Lipinski definition) is 1. The van der Waals surface area contributed by atoms with Crippen molar-refractivity contribution in [3.8, 4) is 17.0 Å². The lowest BCUT2D eigenvalue weighted by atomic mass is 9.93. The molecule has 1 saturated heterocycles. The van der Waals surface area contributed by atoms with Crippen molar-refractivity contribution in [3.05, 3.63) is 47.5 Å². The molecule has 3 aromatic rings. The Labute approximate surface area is 180 Å². The van der Waals surface area contributed by atoms with Crippen LogP contribution in [0.25, 0.3) is 16.8 Å². The van der Waals surface area contributed by atoms with E-state index in [1.807, 2.05) is 27.7 Å². The fourth-order valence-electron chi connectivity index (χ4n) is 3.97. The first-order valence-corrected chi connectivity index (χ1v) is 10.5. The lowest BCUT2D eigenvalue weighted by Gasteiger charge is -2.33. The molecule has 0 spiro atoms. The largest absolute Gasteiger partial charge is 0.493 e. The van der Waals surface area contributed by atoms with Gasteiger partial charge in [-0.15, -0.1) is 0 Å². The molecule has 1 aliphatic rings. The van der Waals surface area contributed by atoms with Gasteiger partial charge in [-0.25, -0.2) is 14.2 Å². The number of aromatic nitrogens is 3. The fourth-order valence-corrected chi connectivity index (χ4v) is 3.97. The maximum Gasteiger partial charge on any atom is 0.410 e. The van der Waals surface area contributed by atoms with Crippen molar-refractivity contribution in [3.63, 3.8) is 0 Å². The number of rotatable bonds is 2. The zero-order chi connectivity index (χ0) is 22.3. The van der Waals surface area contributed by atoms with Crippen molar-refractivity contribution in [1.29, 1.82) is 0 Å². The molecule has 1 aliphatic heterocycles. The van der Waals surface area contributed by atoms with Gasteiger partial charge in [-0.1, -0.05) is 12.1 Å². The number of aryl methyl sites for hydroxylation is 1. The van der Waals surface area contributed by atoms with E-state index >= 15 is 0 Å². The first-order chi connectivity index (χ1) is 14.6. The summed E-state index contributed by atoms with van der Waals surface area (Å²) in [5, 5.41) is 15.0. The minimum absolute atomic E-state index is 0.00559. The van der Waals surface area contributed by atoms with Crippen LogP contribution in [-0.4, -0.2) is 49.4 Å². The van der Waals surface area contributed by atoms with Crippen molar-refractivity contribution < 1.29 is 19.0 Å². The van der Waals surface area contributed by atoms with E-state index in [4.69, 9.17) is 9.72 Å². The molecule has 31 heavy (non-hydrogen) atoms. The third-order valence-electron chi connectivity index (χ3n) is 5.46. The van der Waals surface area contributed by atoms with Gasteiger partial charge in [-0.3, -0.25) is 0 Å². The standard InChI is InChI=1S/C23H27FN4O3/c1-14-20(16-5-7-17(24)8-6-16)21-25-18(13-19(29)28(21)26-14)15-9-11-27(12-10-15)22(30)31-23(2,3)4/h5-8,13,15,29H,9-12H2,1-4H3. The highest BCUT2D eigenvalue weighted by Crippen LogP contribution is 2.34. The Morgan fingerprint density at radius 3 is 2.45 bits per heavy atom. The van der Waals surface area contributed by atoms with Gasteiger partial charge in [0.15, 0.2) is 5.65 Å². The van der Waals surface area contributed by atoms with E-state index in [0.29, 0.717) is 24.4 Å². The normalized spacial score (nSPS) is 15.5. The number of piperidine rings is 1. The van der Waals surface area contributed by atoms with Gasteiger partial charge >= 0.3 is 6.09 Å². The molecule has 164 valence electrons. The summed E-state index contributed by atoms with van der Waals surface area (Å²) >= 11 is 0. The summed E-state index contributed by atoms with van der Waals surface area (Å²) in [7, 11) is 0. The predicted octanol–water partition coefficient (Wildman–Crippen LogP) is 4.66. The highest BCUT2D eigenvalue weighted by Gasteiger charge is 2.29. The third kappa shape index (κ3) is 4.33. The average molecular weight is 426 g/mol. The number of aromatic hydroxyl groups is 1. The Bertz CT molecular complexity index is 1110. The number of likely N-dealkylation sites (tertiary alicyclic amines) is 1. The SMILES string of the molecule is Cc1nn2c(O)cc(C3CCN(C(=O)OC(C)(C)C)CC3)nc2c1-c1ccc(F)cc1. The van der Waals surface area contributed by atoms with E-state index in [-0.39, 0.29) is 23.7 Å². The molecule has 8 heteroatoms. The van der Waals surface area contributed by atoms with Crippen LogP contribution in [0.15, 0.2) is 30.3 Å². The van der Waals surface area contributed by atoms with Crippen molar-refractivity contribution in [2.75, 3.05) is 13.1 Å². The molecule has 0 aliphatic carbocycles. The van der Waals surface area contributed by atoms with E-state index in [9.17, 15) is 14.3 Å². The fraction of sp³-hybridized carbons (Fsp3) is 0.435. The van der Waals surface area contributed by atoms with Crippen LogP contribution in [0, 0.1) is 12.7 Å². The first kappa shape index (κ1) is 21.1. The van der Waals surface area contributed by atoms with E-state index in [1.165, 1.54) is 16.6 Å². The number of nitrogens with zero attached hydrogens (tertiary/aromatic N) is 4. The zero-order valence-electron chi connectivity index (χ0n) is 18.2. The number of amides is 1. The number of benzene rings is 1. The minimum Gasteiger partial charge on any atom is -0.493 e. The summed E-state index contributed by atoms with van der Waals surface area (Å²) in [6.07, 6.45) is 1.14. The maximum absolute atomic E-state index is 13.4. The van der Waals surface area contributed by atoms with E-state index in [1.54, 1.807) is 23.1 Å². The topological polar surface area (TPSA) is 80.0 Å². The number of carbonyl (C=O) groups is 1. The second-order valence-electron chi connectivity index (χ2n) is 8.98. The van der Waals surface area contributed by atoms with E-state index in [2.05, 4.69) is 5.10 Å². The van der Waals surface area contributed by atoms with Crippen LogP contribution in [0.1, 0.15) is 50.9 Å². The molecule has 1 amide bonds. The van der Waals surface area contributed by atoms with Gasteiger partial charge in [-0.2, -0.15) is 9.61 Å². The molecule has 1 aromatic carbocycles. The molecule has 4 rings (SSSR count). The molecule has 0 atom stereocenters. The van der Waals surface area contributed by atoms with Gasteiger partial charge in [-0.05, 0) is 58.2 Å². The smallest absolute Gasteiger partial charge is 0.410 e. The Balaban J connectivity index is 1.60. The Hall–Kier alpha value is -3.16. The Morgan fingerprint density at radius 1 is 1.19 bits per heavy atom. The van der Waals surface area contributed by atoms with E-state index < -0.39 is 5.60 Å². The summed E-state index contributed by atoms with van der Waals surface area (Å²) in [6.45, 7) is 8.53. The van der Waals surface area contributed by atoms with Crippen LogP contribution in [0.4, 0.5) is 9.18 Å². The third-order valence-corrected chi connectivity index (χ3v) is 5.46. The van der Waals surface area contributed by atoms with Crippen LogP contribution in [0.5, 0.6) is 5.88 Å². The Morgan fingerprint density at radius 2 is 1.84 bits per heavy atom. The van der Waals surface area contributed by atoms with Crippen LogP contribution < -0.4 is 0 Å². The lowest BCUT2D eigenvalue weighted by molar-refractivity contribution is 0.0204. The summed E-state index contributed by atoms with van der Waals surface area (Å²) in [5.74, 6) is -0.206. The Kier molecular flexibility index (Phi) is 5.33. The van der Waals surface area contributed by atoms with Crippen molar-refractivity contribution in [2.45, 2.75) is 52.1 Å². The molecule has 0 bridgehead atoms. The summed E-state index contributed by atoms with van der Waals surface area (Å²) in [5.41, 5.74) is 3.03. The molecule has 1 fully saturated rings. The first-order valence-electron chi connectivity index (χ1n) is 10.5. The monoisotopic (exact) mass is 426 g/mol. The molecular formula is C23H27FN4O3. The molecule has 3 heterocycles. The molecule has 0 unspecified atom stereocenters. The van der Waals surface area contributed by atoms with Crippen molar-refractivity contribution >= 4 is 11.7 Å². The summed E-state index contributed by atoms with van der Waals surface area (Å²) in [4.78, 5) is 18.9. The quantitative estimate of drug-likeness (QED) is 0.644. The van der Waals surface area contributed by atoms with Gasteiger partial charge in [0, 0.05) is 30.6 Å². The molecule has 1 N–H and O–H groups in total. The van der Waals surface area contributed by atoms with Gasteiger partial charge in [0.2, 0.25) is 5.88 Å². The van der Waals surface area contributed by atoms with Crippen molar-refractivity contribution in [2.24, 2.45) is 0 Å². The van der Waals surface area contributed by atoms with Crippen molar-refractivity contribution in [1.82, 2.24) is 19.5 Å². The number of ether oxygens (including phenoxy) is 1. The van der Waals surface area contributed by atoms with Crippen LogP contribution >= 0.6 is 0 Å². The van der Waals surface area contributed by atoms with Gasteiger partial charge in [0.1, 0.15) is 11.4 Å². The molecular weight excluding hydrogens is 399 g/mol. The highest BCUT2D eigenvalue weighted by molar-refractivity contribution is 5.80. The second-order valence-corrected chi connectivity index (χ2v) is 8.98.